The molecule has 0 radical (unpaired) electrons. The van der Waals surface area contributed by atoms with E-state index in [1.807, 2.05) is 12.1 Å². The summed E-state index contributed by atoms with van der Waals surface area (Å²) < 4.78 is 1.30. The van der Waals surface area contributed by atoms with Gasteiger partial charge in [0, 0.05) is 3.57 Å². The van der Waals surface area contributed by atoms with E-state index in [0.717, 1.165) is 0 Å². The van der Waals surface area contributed by atoms with Crippen molar-refractivity contribution in [2.45, 2.75) is 6.92 Å². The Kier molecular flexibility index (Phi) is 6.62. The molecule has 0 aliphatic carbocycles. The van der Waals surface area contributed by atoms with E-state index in [2.05, 4.69) is 127 Å². The van der Waals surface area contributed by atoms with E-state index in [-0.39, 0.29) is 0 Å². The molecule has 26 heavy (non-hydrogen) atoms. The van der Waals surface area contributed by atoms with Crippen molar-refractivity contribution >= 4 is 22.6 Å². The molecule has 0 aromatic heterocycles. The van der Waals surface area contributed by atoms with Crippen molar-refractivity contribution in [3.8, 4) is 22.3 Å². The van der Waals surface area contributed by atoms with Gasteiger partial charge >= 0.3 is 0 Å². The summed E-state index contributed by atoms with van der Waals surface area (Å²) in [5.41, 5.74) is 6.46. The Bertz CT molecular complexity index is 889. The van der Waals surface area contributed by atoms with Crippen LogP contribution in [0.5, 0.6) is 0 Å². The number of halogens is 1. The molecule has 1 heteroatoms. The standard InChI is InChI=1S/C13H11I.C12H10/c1-10-6-8-11(9-7-10)12-4-2-3-5-13(12)14;1-3-7-11(8-4-1)12-9-5-2-6-10-12/h2-9H,1H3;1-10H. The van der Waals surface area contributed by atoms with Crippen LogP contribution in [0.1, 0.15) is 5.56 Å². The lowest BCUT2D eigenvalue weighted by Gasteiger charge is -2.04. The van der Waals surface area contributed by atoms with Gasteiger partial charge in [-0.2, -0.15) is 0 Å². The average Bonchev–Trinajstić information content (AvgIpc) is 2.71. The van der Waals surface area contributed by atoms with Crippen LogP contribution in [0.3, 0.4) is 0 Å². The zero-order valence-electron chi connectivity index (χ0n) is 14.8. The van der Waals surface area contributed by atoms with Crippen LogP contribution >= 0.6 is 22.6 Å². The van der Waals surface area contributed by atoms with E-state index >= 15 is 0 Å². The van der Waals surface area contributed by atoms with Crippen molar-refractivity contribution in [1.29, 1.82) is 0 Å². The maximum Gasteiger partial charge on any atom is 0.0208 e. The van der Waals surface area contributed by atoms with E-state index in [9.17, 15) is 0 Å². The van der Waals surface area contributed by atoms with Gasteiger partial charge < -0.3 is 0 Å². The average molecular weight is 448 g/mol. The number of aryl methyl sites for hydroxylation is 1. The lowest BCUT2D eigenvalue weighted by atomic mass is 10.0. The van der Waals surface area contributed by atoms with Gasteiger partial charge in [0.2, 0.25) is 0 Å². The minimum atomic E-state index is 1.28. The molecule has 0 spiro atoms. The van der Waals surface area contributed by atoms with Gasteiger partial charge in [-0.25, -0.2) is 0 Å². The van der Waals surface area contributed by atoms with Crippen LogP contribution in [0, 0.1) is 10.5 Å². The molecule has 0 saturated heterocycles. The van der Waals surface area contributed by atoms with Crippen LogP contribution in [-0.4, -0.2) is 0 Å². The van der Waals surface area contributed by atoms with E-state index in [0.29, 0.717) is 0 Å². The molecule has 0 aliphatic rings. The van der Waals surface area contributed by atoms with E-state index in [1.54, 1.807) is 0 Å². The van der Waals surface area contributed by atoms with Gasteiger partial charge in [0.05, 0.1) is 0 Å². The van der Waals surface area contributed by atoms with Crippen LogP contribution in [0.15, 0.2) is 109 Å². The summed E-state index contributed by atoms with van der Waals surface area (Å²) in [7, 11) is 0. The lowest BCUT2D eigenvalue weighted by Crippen LogP contribution is -1.81. The van der Waals surface area contributed by atoms with Gasteiger partial charge in [0.1, 0.15) is 0 Å². The smallest absolute Gasteiger partial charge is 0.0208 e. The predicted molar refractivity (Wildman–Crippen MR) is 121 cm³/mol. The molecule has 0 aliphatic heterocycles. The molecule has 0 unspecified atom stereocenters. The SMILES string of the molecule is Cc1ccc(-c2ccccc2I)cc1.c1ccc(-c2ccccc2)cc1. The third kappa shape index (κ3) is 5.06. The van der Waals surface area contributed by atoms with Crippen LogP contribution in [0.4, 0.5) is 0 Å². The molecule has 0 nitrogen and oxygen atoms in total. The second kappa shape index (κ2) is 9.35. The van der Waals surface area contributed by atoms with E-state index in [1.165, 1.54) is 31.4 Å². The minimum absolute atomic E-state index is 1.28. The first-order valence-electron chi connectivity index (χ1n) is 8.66. The van der Waals surface area contributed by atoms with Crippen LogP contribution < -0.4 is 0 Å². The normalized spacial score (nSPS) is 9.92. The fraction of sp³-hybridized carbons (Fsp3) is 0.0400. The summed E-state index contributed by atoms with van der Waals surface area (Å²) in [6.45, 7) is 2.11. The van der Waals surface area contributed by atoms with Crippen molar-refractivity contribution in [3.05, 3.63) is 118 Å². The molecule has 4 rings (SSSR count). The number of hydrogen-bond donors (Lipinski definition) is 0. The highest BCUT2D eigenvalue weighted by atomic mass is 127. The quantitative estimate of drug-likeness (QED) is 0.277. The Labute approximate surface area is 169 Å². The fourth-order valence-electron chi connectivity index (χ4n) is 2.69. The number of rotatable bonds is 2. The molecule has 0 saturated carbocycles. The molecule has 0 atom stereocenters. The van der Waals surface area contributed by atoms with Gasteiger partial charge in [-0.3, -0.25) is 0 Å². The molecule has 0 fully saturated rings. The molecule has 4 aromatic rings. The molecule has 128 valence electrons. The first kappa shape index (κ1) is 18.4. The Morgan fingerprint density at radius 1 is 0.462 bits per heavy atom. The summed E-state index contributed by atoms with van der Waals surface area (Å²) in [5.74, 6) is 0. The monoisotopic (exact) mass is 448 g/mol. The molecule has 0 heterocycles. The van der Waals surface area contributed by atoms with Gasteiger partial charge in [0.25, 0.3) is 0 Å². The molecule has 0 N–H and O–H groups in total. The maximum atomic E-state index is 2.37. The Hall–Kier alpha value is -2.39. The van der Waals surface area contributed by atoms with Crippen molar-refractivity contribution in [3.63, 3.8) is 0 Å². The molecular weight excluding hydrogens is 427 g/mol. The zero-order valence-corrected chi connectivity index (χ0v) is 16.9. The van der Waals surface area contributed by atoms with Gasteiger partial charge in [-0.1, -0.05) is 109 Å². The third-order valence-electron chi connectivity index (χ3n) is 4.12. The minimum Gasteiger partial charge on any atom is -0.0622 e. The summed E-state index contributed by atoms with van der Waals surface area (Å²) in [5, 5.41) is 0. The van der Waals surface area contributed by atoms with Gasteiger partial charge in [-0.15, -0.1) is 0 Å². The van der Waals surface area contributed by atoms with Crippen LogP contribution in [-0.2, 0) is 0 Å². The first-order chi connectivity index (χ1) is 12.7. The van der Waals surface area contributed by atoms with Crippen LogP contribution in [0.25, 0.3) is 22.3 Å². The van der Waals surface area contributed by atoms with Crippen LogP contribution in [0.2, 0.25) is 0 Å². The van der Waals surface area contributed by atoms with E-state index in [4.69, 9.17) is 0 Å². The molecule has 0 amide bonds. The number of hydrogen-bond acceptors (Lipinski definition) is 0. The molecule has 0 bridgehead atoms. The highest BCUT2D eigenvalue weighted by Gasteiger charge is 2.00. The summed E-state index contributed by atoms with van der Waals surface area (Å²) in [6, 6.07) is 37.9. The zero-order chi connectivity index (χ0) is 18.2. The van der Waals surface area contributed by atoms with Crippen molar-refractivity contribution in [2.75, 3.05) is 0 Å². The van der Waals surface area contributed by atoms with Crippen molar-refractivity contribution < 1.29 is 0 Å². The second-order valence-electron chi connectivity index (χ2n) is 6.08. The molecule has 4 aromatic carbocycles. The summed E-state index contributed by atoms with van der Waals surface area (Å²) >= 11 is 2.37. The van der Waals surface area contributed by atoms with Gasteiger partial charge in [-0.05, 0) is 57.8 Å². The van der Waals surface area contributed by atoms with Crippen molar-refractivity contribution in [1.82, 2.24) is 0 Å². The topological polar surface area (TPSA) is 0 Å². The maximum absolute atomic E-state index is 2.37. The van der Waals surface area contributed by atoms with Crippen molar-refractivity contribution in [2.24, 2.45) is 0 Å². The third-order valence-corrected chi connectivity index (χ3v) is 5.06. The highest BCUT2D eigenvalue weighted by Crippen LogP contribution is 2.24. The largest absolute Gasteiger partial charge is 0.0622 e. The molecular formula is C25H21I. The fourth-order valence-corrected chi connectivity index (χ4v) is 3.39. The first-order valence-corrected chi connectivity index (χ1v) is 9.74. The number of benzene rings is 4. The predicted octanol–water partition coefficient (Wildman–Crippen LogP) is 7.62. The second-order valence-corrected chi connectivity index (χ2v) is 7.24. The summed E-state index contributed by atoms with van der Waals surface area (Å²) in [4.78, 5) is 0. The Morgan fingerprint density at radius 2 is 0.923 bits per heavy atom. The highest BCUT2D eigenvalue weighted by molar-refractivity contribution is 14.1. The Balaban J connectivity index is 0.000000152. The van der Waals surface area contributed by atoms with E-state index < -0.39 is 0 Å². The lowest BCUT2D eigenvalue weighted by molar-refractivity contribution is 1.46. The Morgan fingerprint density at radius 3 is 1.42 bits per heavy atom. The summed E-state index contributed by atoms with van der Waals surface area (Å²) in [6.07, 6.45) is 0. The van der Waals surface area contributed by atoms with Gasteiger partial charge in [0.15, 0.2) is 0 Å².